The third-order valence-electron chi connectivity index (χ3n) is 2.13. The van der Waals surface area contributed by atoms with Gasteiger partial charge in [-0.15, -0.1) is 0 Å². The summed E-state index contributed by atoms with van der Waals surface area (Å²) in [5.74, 6) is -1.97. The topological polar surface area (TPSA) is 18.5 Å². The normalized spacial score (nSPS) is 15.1. The molecule has 0 saturated carbocycles. The van der Waals surface area contributed by atoms with Crippen LogP contribution in [0.25, 0.3) is 0 Å². The minimum atomic E-state index is -2.88. The van der Waals surface area contributed by atoms with Crippen molar-refractivity contribution in [2.45, 2.75) is 5.92 Å². The van der Waals surface area contributed by atoms with Crippen LogP contribution in [-0.2, 0) is 5.92 Å². The lowest BCUT2D eigenvalue weighted by molar-refractivity contribution is 0.0240. The van der Waals surface area contributed by atoms with Gasteiger partial charge in [0.25, 0.3) is 5.92 Å². The van der Waals surface area contributed by atoms with Crippen LogP contribution in [0, 0.1) is 0 Å². The first kappa shape index (κ1) is 10.7. The summed E-state index contributed by atoms with van der Waals surface area (Å²) in [5.41, 5.74) is -0.0661. The Balaban J connectivity index is 2.36. The van der Waals surface area contributed by atoms with Crippen LogP contribution >= 0.6 is 15.9 Å². The van der Waals surface area contributed by atoms with E-state index in [1.54, 1.807) is 0 Å². The molecule has 1 aromatic carbocycles. The zero-order valence-electron chi connectivity index (χ0n) is 7.80. The van der Waals surface area contributed by atoms with Crippen LogP contribution < -0.4 is 9.47 Å². The summed E-state index contributed by atoms with van der Waals surface area (Å²) in [5, 5.41) is -0.403. The van der Waals surface area contributed by atoms with E-state index in [1.807, 2.05) is 0 Å². The van der Waals surface area contributed by atoms with Crippen molar-refractivity contribution in [2.24, 2.45) is 0 Å². The number of hydrogen-bond acceptors (Lipinski definition) is 2. The Bertz CT molecular complexity index is 368. The van der Waals surface area contributed by atoms with E-state index in [-0.39, 0.29) is 5.56 Å². The number of hydrogen-bond donors (Lipinski definition) is 0. The molecule has 0 unspecified atom stereocenters. The highest BCUT2D eigenvalue weighted by Crippen LogP contribution is 2.37. The van der Waals surface area contributed by atoms with Crippen LogP contribution in [-0.4, -0.2) is 18.5 Å². The molecule has 0 atom stereocenters. The van der Waals surface area contributed by atoms with Crippen LogP contribution in [0.3, 0.4) is 0 Å². The third-order valence-corrected chi connectivity index (χ3v) is 2.84. The smallest absolute Gasteiger partial charge is 0.282 e. The van der Waals surface area contributed by atoms with Crippen molar-refractivity contribution in [3.63, 3.8) is 0 Å². The molecular formula is C10H9BrF2O2. The minimum Gasteiger partial charge on any atom is -0.486 e. The van der Waals surface area contributed by atoms with Crippen LogP contribution in [0.2, 0.25) is 0 Å². The second-order valence-corrected chi connectivity index (χ2v) is 3.76. The number of ether oxygens (including phenoxy) is 2. The average molecular weight is 279 g/mol. The molecule has 5 heteroatoms. The summed E-state index contributed by atoms with van der Waals surface area (Å²) in [6, 6.07) is 4.20. The van der Waals surface area contributed by atoms with Crippen LogP contribution in [0.1, 0.15) is 5.56 Å². The minimum absolute atomic E-state index is 0.0661. The molecule has 0 amide bonds. The lowest BCUT2D eigenvalue weighted by Gasteiger charge is -2.21. The van der Waals surface area contributed by atoms with Gasteiger partial charge in [0.2, 0.25) is 0 Å². The van der Waals surface area contributed by atoms with E-state index in [1.165, 1.54) is 18.2 Å². The second kappa shape index (κ2) is 3.96. The molecule has 0 spiro atoms. The fraction of sp³-hybridized carbons (Fsp3) is 0.400. The van der Waals surface area contributed by atoms with Crippen LogP contribution in [0.5, 0.6) is 11.5 Å². The number of alkyl halides is 3. The highest BCUT2D eigenvalue weighted by Gasteiger charge is 2.31. The van der Waals surface area contributed by atoms with Gasteiger partial charge in [0, 0.05) is 5.56 Å². The van der Waals surface area contributed by atoms with Gasteiger partial charge >= 0.3 is 0 Å². The van der Waals surface area contributed by atoms with E-state index in [9.17, 15) is 8.78 Å². The van der Waals surface area contributed by atoms with E-state index in [0.717, 1.165) is 0 Å². The molecule has 1 aliphatic heterocycles. The number of rotatable bonds is 2. The molecule has 1 aliphatic rings. The zero-order valence-corrected chi connectivity index (χ0v) is 9.39. The van der Waals surface area contributed by atoms with Gasteiger partial charge in [0.15, 0.2) is 11.5 Å². The molecule has 2 rings (SSSR count). The molecule has 0 fully saturated rings. The van der Waals surface area contributed by atoms with Gasteiger partial charge in [-0.1, -0.05) is 15.9 Å². The summed E-state index contributed by atoms with van der Waals surface area (Å²) in [4.78, 5) is 0. The molecule has 2 nitrogen and oxygen atoms in total. The van der Waals surface area contributed by atoms with Gasteiger partial charge < -0.3 is 9.47 Å². The van der Waals surface area contributed by atoms with Crippen molar-refractivity contribution in [1.29, 1.82) is 0 Å². The van der Waals surface area contributed by atoms with Crippen molar-refractivity contribution >= 4 is 15.9 Å². The van der Waals surface area contributed by atoms with Crippen molar-refractivity contribution in [3.8, 4) is 11.5 Å². The molecule has 82 valence electrons. The summed E-state index contributed by atoms with van der Waals surface area (Å²) in [7, 11) is 0. The molecule has 0 aliphatic carbocycles. The Hall–Kier alpha value is -0.840. The number of halogens is 3. The summed E-state index contributed by atoms with van der Waals surface area (Å²) in [6.07, 6.45) is 0. The summed E-state index contributed by atoms with van der Waals surface area (Å²) in [6.45, 7) is 0.859. The number of benzene rings is 1. The third kappa shape index (κ3) is 2.07. The van der Waals surface area contributed by atoms with Crippen LogP contribution in [0.4, 0.5) is 8.78 Å². The molecule has 0 saturated heterocycles. The van der Waals surface area contributed by atoms with E-state index in [2.05, 4.69) is 15.9 Å². The quantitative estimate of drug-likeness (QED) is 0.775. The van der Waals surface area contributed by atoms with Gasteiger partial charge in [-0.25, -0.2) is 8.78 Å². The lowest BCUT2D eigenvalue weighted by Crippen LogP contribution is -2.18. The Labute approximate surface area is 94.3 Å². The largest absolute Gasteiger partial charge is 0.486 e. The van der Waals surface area contributed by atoms with Gasteiger partial charge in [-0.2, -0.15) is 0 Å². The molecule has 0 radical (unpaired) electrons. The van der Waals surface area contributed by atoms with Crippen molar-refractivity contribution in [3.05, 3.63) is 23.8 Å². The molecule has 1 heterocycles. The Kier molecular flexibility index (Phi) is 2.82. The van der Waals surface area contributed by atoms with Gasteiger partial charge in [-0.3, -0.25) is 0 Å². The predicted octanol–water partition coefficient (Wildman–Crippen LogP) is 2.94. The maximum absolute atomic E-state index is 13.3. The fourth-order valence-electron chi connectivity index (χ4n) is 1.35. The van der Waals surface area contributed by atoms with E-state index in [0.29, 0.717) is 24.7 Å². The standard InChI is InChI=1S/C10H9BrF2O2/c11-6-10(12,13)7-1-2-8-9(5-7)15-4-3-14-8/h1-2,5H,3-4,6H2. The SMILES string of the molecule is FC(F)(CBr)c1ccc2c(c1)OCCO2. The molecule has 0 bridgehead atoms. The highest BCUT2D eigenvalue weighted by atomic mass is 79.9. The first-order valence-electron chi connectivity index (χ1n) is 4.47. The van der Waals surface area contributed by atoms with Gasteiger partial charge in [0.1, 0.15) is 13.2 Å². The molecule has 0 N–H and O–H groups in total. The molecule has 15 heavy (non-hydrogen) atoms. The number of fused-ring (bicyclic) bond motifs is 1. The monoisotopic (exact) mass is 278 g/mol. The Morgan fingerprint density at radius 1 is 1.20 bits per heavy atom. The maximum atomic E-state index is 13.3. The van der Waals surface area contributed by atoms with Gasteiger partial charge in [0.05, 0.1) is 5.33 Å². The van der Waals surface area contributed by atoms with Crippen molar-refractivity contribution in [1.82, 2.24) is 0 Å². The van der Waals surface area contributed by atoms with E-state index >= 15 is 0 Å². The highest BCUT2D eigenvalue weighted by molar-refractivity contribution is 9.09. The van der Waals surface area contributed by atoms with Crippen molar-refractivity contribution < 1.29 is 18.3 Å². The first-order chi connectivity index (χ1) is 7.13. The zero-order chi connectivity index (χ0) is 10.9. The molecule has 1 aromatic rings. The van der Waals surface area contributed by atoms with Gasteiger partial charge in [-0.05, 0) is 18.2 Å². The fourth-order valence-corrected chi connectivity index (χ4v) is 1.67. The maximum Gasteiger partial charge on any atom is 0.282 e. The Morgan fingerprint density at radius 2 is 1.87 bits per heavy atom. The average Bonchev–Trinajstić information content (AvgIpc) is 2.28. The molecule has 0 aromatic heterocycles. The predicted molar refractivity (Wildman–Crippen MR) is 55.1 cm³/mol. The molecular weight excluding hydrogens is 270 g/mol. The Morgan fingerprint density at radius 3 is 2.53 bits per heavy atom. The summed E-state index contributed by atoms with van der Waals surface area (Å²) < 4.78 is 37.1. The first-order valence-corrected chi connectivity index (χ1v) is 5.59. The van der Waals surface area contributed by atoms with Crippen molar-refractivity contribution in [2.75, 3.05) is 18.5 Å². The van der Waals surface area contributed by atoms with E-state index < -0.39 is 11.3 Å². The van der Waals surface area contributed by atoms with Crippen LogP contribution in [0.15, 0.2) is 18.2 Å². The lowest BCUT2D eigenvalue weighted by atomic mass is 10.1. The summed E-state index contributed by atoms with van der Waals surface area (Å²) >= 11 is 2.78. The second-order valence-electron chi connectivity index (χ2n) is 3.20. The van der Waals surface area contributed by atoms with E-state index in [4.69, 9.17) is 9.47 Å².